The zero-order valence-corrected chi connectivity index (χ0v) is 8.10. The van der Waals surface area contributed by atoms with Gasteiger partial charge in [0.15, 0.2) is 5.78 Å². The lowest BCUT2D eigenvalue weighted by molar-refractivity contribution is -0.114. The summed E-state index contributed by atoms with van der Waals surface area (Å²) >= 11 is 0. The van der Waals surface area contributed by atoms with E-state index in [1.807, 2.05) is 0 Å². The molecule has 1 unspecified atom stereocenters. The number of carbonyl (C=O) groups excluding carboxylic acids is 1. The summed E-state index contributed by atoms with van der Waals surface area (Å²) in [7, 11) is 0. The molecular weight excluding hydrogens is 148 g/mol. The average molecular weight is 166 g/mol. The minimum atomic E-state index is 0.387. The first-order valence-corrected chi connectivity index (χ1v) is 4.96. The van der Waals surface area contributed by atoms with Crippen LogP contribution in [0.2, 0.25) is 0 Å². The Hall–Kier alpha value is -0.590. The molecule has 0 aromatic heterocycles. The Kier molecular flexibility index (Phi) is 3.51. The molecule has 1 aliphatic carbocycles. The molecule has 0 N–H and O–H groups in total. The molecule has 0 amide bonds. The summed E-state index contributed by atoms with van der Waals surface area (Å²) < 4.78 is 0. The van der Waals surface area contributed by atoms with Crippen LogP contribution in [0.1, 0.15) is 46.0 Å². The van der Waals surface area contributed by atoms with Crippen molar-refractivity contribution < 1.29 is 4.79 Å². The van der Waals surface area contributed by atoms with Crippen LogP contribution in [0.3, 0.4) is 0 Å². The summed E-state index contributed by atoms with van der Waals surface area (Å²) in [5, 5.41) is 0. The van der Waals surface area contributed by atoms with Crippen molar-refractivity contribution in [3.63, 3.8) is 0 Å². The van der Waals surface area contributed by atoms with Gasteiger partial charge < -0.3 is 0 Å². The Balaban J connectivity index is 2.40. The van der Waals surface area contributed by atoms with Gasteiger partial charge in [-0.1, -0.05) is 26.3 Å². The first-order valence-electron chi connectivity index (χ1n) is 4.96. The molecule has 1 saturated carbocycles. The maximum absolute atomic E-state index is 11.2. The monoisotopic (exact) mass is 166 g/mol. The Morgan fingerprint density at radius 1 is 1.50 bits per heavy atom. The van der Waals surface area contributed by atoms with Crippen LogP contribution in [0.5, 0.6) is 0 Å². The molecule has 0 aromatic rings. The molecule has 1 atom stereocenters. The Bertz CT molecular complexity index is 191. The molecular formula is C11H18O. The van der Waals surface area contributed by atoms with Crippen molar-refractivity contribution in [2.75, 3.05) is 0 Å². The second-order valence-corrected chi connectivity index (χ2v) is 3.76. The molecule has 12 heavy (non-hydrogen) atoms. The number of hydrogen-bond acceptors (Lipinski definition) is 1. The minimum absolute atomic E-state index is 0.387. The summed E-state index contributed by atoms with van der Waals surface area (Å²) in [6.45, 7) is 4.43. The van der Waals surface area contributed by atoms with Gasteiger partial charge in [0.2, 0.25) is 0 Å². The molecule has 1 rings (SSSR count). The van der Waals surface area contributed by atoms with E-state index in [1.54, 1.807) is 0 Å². The van der Waals surface area contributed by atoms with Gasteiger partial charge in [-0.05, 0) is 30.8 Å². The van der Waals surface area contributed by atoms with E-state index in [9.17, 15) is 4.79 Å². The Morgan fingerprint density at radius 2 is 2.25 bits per heavy atom. The molecule has 0 spiro atoms. The van der Waals surface area contributed by atoms with Crippen molar-refractivity contribution in [2.24, 2.45) is 5.92 Å². The van der Waals surface area contributed by atoms with Gasteiger partial charge in [0.1, 0.15) is 0 Å². The highest BCUT2D eigenvalue weighted by molar-refractivity contribution is 5.97. The van der Waals surface area contributed by atoms with Crippen LogP contribution in [0.4, 0.5) is 0 Å². The van der Waals surface area contributed by atoms with E-state index in [0.29, 0.717) is 5.78 Å². The van der Waals surface area contributed by atoms with E-state index in [2.05, 4.69) is 19.9 Å². The fraction of sp³-hybridized carbons (Fsp3) is 0.727. The van der Waals surface area contributed by atoms with E-state index in [1.165, 1.54) is 6.42 Å². The second kappa shape index (κ2) is 4.44. The molecule has 0 radical (unpaired) electrons. The topological polar surface area (TPSA) is 17.1 Å². The van der Waals surface area contributed by atoms with Gasteiger partial charge in [-0.2, -0.15) is 0 Å². The number of ketones is 1. The molecule has 1 nitrogen and oxygen atoms in total. The SMILES string of the molecule is CCC(C)C/C=C1\CCCC1=O. The molecule has 1 aliphatic rings. The number of hydrogen-bond donors (Lipinski definition) is 0. The van der Waals surface area contributed by atoms with E-state index < -0.39 is 0 Å². The lowest BCUT2D eigenvalue weighted by atomic mass is 10.0. The number of rotatable bonds is 3. The Morgan fingerprint density at radius 3 is 2.75 bits per heavy atom. The van der Waals surface area contributed by atoms with E-state index in [-0.39, 0.29) is 0 Å². The predicted molar refractivity (Wildman–Crippen MR) is 51.0 cm³/mol. The van der Waals surface area contributed by atoms with Crippen molar-refractivity contribution in [1.29, 1.82) is 0 Å². The molecule has 0 aliphatic heterocycles. The fourth-order valence-corrected chi connectivity index (χ4v) is 1.47. The predicted octanol–water partition coefficient (Wildman–Crippen LogP) is 3.10. The maximum atomic E-state index is 11.2. The lowest BCUT2D eigenvalue weighted by Gasteiger charge is -2.03. The van der Waals surface area contributed by atoms with Crippen molar-refractivity contribution in [3.8, 4) is 0 Å². The second-order valence-electron chi connectivity index (χ2n) is 3.76. The van der Waals surface area contributed by atoms with Crippen LogP contribution in [0.15, 0.2) is 11.6 Å². The molecule has 1 heteroatoms. The molecule has 0 saturated heterocycles. The highest BCUT2D eigenvalue weighted by Gasteiger charge is 2.16. The molecule has 68 valence electrons. The number of Topliss-reactive ketones (excluding diaryl/α,β-unsaturated/α-hetero) is 1. The quantitative estimate of drug-likeness (QED) is 0.589. The number of allylic oxidation sites excluding steroid dienone is 2. The van der Waals surface area contributed by atoms with Crippen LogP contribution in [0.25, 0.3) is 0 Å². The van der Waals surface area contributed by atoms with Crippen LogP contribution in [-0.4, -0.2) is 5.78 Å². The van der Waals surface area contributed by atoms with Gasteiger partial charge in [0.25, 0.3) is 0 Å². The van der Waals surface area contributed by atoms with Crippen molar-refractivity contribution in [2.45, 2.75) is 46.0 Å². The van der Waals surface area contributed by atoms with Crippen LogP contribution >= 0.6 is 0 Å². The Labute approximate surface area is 74.9 Å². The van der Waals surface area contributed by atoms with E-state index in [4.69, 9.17) is 0 Å². The normalized spacial score (nSPS) is 23.5. The van der Waals surface area contributed by atoms with Crippen molar-refractivity contribution in [1.82, 2.24) is 0 Å². The van der Waals surface area contributed by atoms with Crippen LogP contribution < -0.4 is 0 Å². The lowest BCUT2D eigenvalue weighted by Crippen LogP contribution is -1.94. The summed E-state index contributed by atoms with van der Waals surface area (Å²) in [5.74, 6) is 1.12. The first-order chi connectivity index (χ1) is 5.74. The fourth-order valence-electron chi connectivity index (χ4n) is 1.47. The largest absolute Gasteiger partial charge is 0.295 e. The summed E-state index contributed by atoms with van der Waals surface area (Å²) in [4.78, 5) is 11.2. The van der Waals surface area contributed by atoms with Gasteiger partial charge in [0.05, 0.1) is 0 Å². The zero-order valence-electron chi connectivity index (χ0n) is 8.10. The highest BCUT2D eigenvalue weighted by atomic mass is 16.1. The van der Waals surface area contributed by atoms with Crippen LogP contribution in [-0.2, 0) is 4.79 Å². The molecule has 0 heterocycles. The third kappa shape index (κ3) is 2.47. The van der Waals surface area contributed by atoms with Crippen molar-refractivity contribution in [3.05, 3.63) is 11.6 Å². The maximum Gasteiger partial charge on any atom is 0.158 e. The van der Waals surface area contributed by atoms with Gasteiger partial charge >= 0.3 is 0 Å². The van der Waals surface area contributed by atoms with Gasteiger partial charge in [0, 0.05) is 6.42 Å². The van der Waals surface area contributed by atoms with Gasteiger partial charge in [-0.3, -0.25) is 4.79 Å². The highest BCUT2D eigenvalue weighted by Crippen LogP contribution is 2.22. The average Bonchev–Trinajstić information content (AvgIpc) is 2.47. The molecule has 0 aromatic carbocycles. The van der Waals surface area contributed by atoms with Gasteiger partial charge in [-0.15, -0.1) is 0 Å². The minimum Gasteiger partial charge on any atom is -0.295 e. The van der Waals surface area contributed by atoms with Crippen LogP contribution in [0, 0.1) is 5.92 Å². The van der Waals surface area contributed by atoms with E-state index in [0.717, 1.165) is 37.2 Å². The summed E-state index contributed by atoms with van der Waals surface area (Å²) in [6.07, 6.45) is 7.33. The van der Waals surface area contributed by atoms with E-state index >= 15 is 0 Å². The van der Waals surface area contributed by atoms with Gasteiger partial charge in [-0.25, -0.2) is 0 Å². The smallest absolute Gasteiger partial charge is 0.158 e. The number of carbonyl (C=O) groups is 1. The standard InChI is InChI=1S/C11H18O/c1-3-9(2)7-8-10-5-4-6-11(10)12/h8-9H,3-7H2,1-2H3/b10-8+. The third-order valence-corrected chi connectivity index (χ3v) is 2.67. The molecule has 0 bridgehead atoms. The summed E-state index contributed by atoms with van der Waals surface area (Å²) in [5.41, 5.74) is 1.09. The van der Waals surface area contributed by atoms with Crippen molar-refractivity contribution >= 4 is 5.78 Å². The third-order valence-electron chi connectivity index (χ3n) is 2.67. The summed E-state index contributed by atoms with van der Waals surface area (Å²) in [6, 6.07) is 0. The zero-order chi connectivity index (χ0) is 8.97. The first kappa shape index (κ1) is 9.50. The molecule has 1 fully saturated rings.